The fourth-order valence-corrected chi connectivity index (χ4v) is 5.76. The molecule has 1 heterocycles. The maximum absolute atomic E-state index is 15.0. The molecule has 0 bridgehead atoms. The maximum atomic E-state index is 15.0. The van der Waals surface area contributed by atoms with E-state index in [-0.39, 0.29) is 0 Å². The van der Waals surface area contributed by atoms with Crippen molar-refractivity contribution >= 4 is 51.7 Å². The SMILES string of the molecule is CN(C)/C=N/c1c(C2(S(=O)(=O)/N=C/N(C)C)CC2(F)F)c(C#N)nn1-c1c(Cl)cc(C(F)(F)F)cc1Cl. The first kappa shape index (κ1) is 28.6. The van der Waals surface area contributed by atoms with Gasteiger partial charge in [0.05, 0.1) is 27.5 Å². The van der Waals surface area contributed by atoms with Crippen molar-refractivity contribution in [3.05, 3.63) is 39.0 Å². The van der Waals surface area contributed by atoms with Crippen LogP contribution in [0, 0.1) is 11.3 Å². The third-order valence-electron chi connectivity index (χ3n) is 5.13. The molecule has 37 heavy (non-hydrogen) atoms. The average Bonchev–Trinajstić information content (AvgIpc) is 3.17. The van der Waals surface area contributed by atoms with Crippen LogP contribution in [-0.2, 0) is 20.9 Å². The summed E-state index contributed by atoms with van der Waals surface area (Å²) in [5.41, 5.74) is -3.21. The maximum Gasteiger partial charge on any atom is 0.416 e. The molecule has 0 aliphatic heterocycles. The van der Waals surface area contributed by atoms with Crippen molar-refractivity contribution in [3.8, 4) is 11.8 Å². The lowest BCUT2D eigenvalue weighted by molar-refractivity contribution is -0.137. The number of aromatic nitrogens is 2. The van der Waals surface area contributed by atoms with E-state index in [0.717, 1.165) is 12.7 Å². The molecule has 1 saturated carbocycles. The van der Waals surface area contributed by atoms with Crippen molar-refractivity contribution in [1.29, 1.82) is 5.26 Å². The number of halogens is 7. The van der Waals surface area contributed by atoms with Crippen molar-refractivity contribution in [1.82, 2.24) is 19.6 Å². The number of alkyl halides is 5. The van der Waals surface area contributed by atoms with Gasteiger partial charge in [0, 0.05) is 34.6 Å². The fourth-order valence-electron chi connectivity index (χ4n) is 3.43. The van der Waals surface area contributed by atoms with Crippen molar-refractivity contribution in [2.45, 2.75) is 23.3 Å². The average molecular weight is 586 g/mol. The first-order valence-corrected chi connectivity index (χ1v) is 12.2. The fraction of sp³-hybridized carbons (Fsp3) is 0.400. The van der Waals surface area contributed by atoms with Crippen LogP contribution in [0.4, 0.5) is 27.8 Å². The summed E-state index contributed by atoms with van der Waals surface area (Å²) in [6.45, 7) is 0. The molecule has 1 aromatic heterocycles. The zero-order valence-corrected chi connectivity index (χ0v) is 21.8. The molecule has 9 nitrogen and oxygen atoms in total. The van der Waals surface area contributed by atoms with Gasteiger partial charge in [-0.15, -0.1) is 0 Å². The Morgan fingerprint density at radius 3 is 2.05 bits per heavy atom. The smallest absolute Gasteiger partial charge is 0.369 e. The van der Waals surface area contributed by atoms with Gasteiger partial charge < -0.3 is 9.80 Å². The zero-order chi connectivity index (χ0) is 28.1. The third-order valence-corrected chi connectivity index (χ3v) is 7.61. The van der Waals surface area contributed by atoms with Crippen LogP contribution < -0.4 is 0 Å². The van der Waals surface area contributed by atoms with E-state index in [4.69, 9.17) is 23.2 Å². The van der Waals surface area contributed by atoms with Gasteiger partial charge in [-0.25, -0.2) is 26.9 Å². The Morgan fingerprint density at radius 2 is 1.65 bits per heavy atom. The highest BCUT2D eigenvalue weighted by Crippen LogP contribution is 2.67. The van der Waals surface area contributed by atoms with Crippen LogP contribution in [0.1, 0.15) is 23.2 Å². The molecular formula is C20H18Cl2F5N7O2S. The topological polar surface area (TPSA) is 107 Å². The minimum atomic E-state index is -5.04. The number of nitrogens with zero attached hydrogens (tertiary/aromatic N) is 7. The molecule has 1 aromatic carbocycles. The molecule has 1 aliphatic carbocycles. The van der Waals surface area contributed by atoms with Gasteiger partial charge in [0.15, 0.2) is 16.3 Å². The van der Waals surface area contributed by atoms with E-state index in [0.29, 0.717) is 16.8 Å². The minimum absolute atomic E-state index is 0.432. The van der Waals surface area contributed by atoms with E-state index in [2.05, 4.69) is 14.5 Å². The number of benzene rings is 1. The van der Waals surface area contributed by atoms with E-state index < -0.39 is 71.7 Å². The van der Waals surface area contributed by atoms with Crippen LogP contribution in [0.5, 0.6) is 0 Å². The van der Waals surface area contributed by atoms with Gasteiger partial charge in [0.25, 0.3) is 15.9 Å². The molecular weight excluding hydrogens is 568 g/mol. The molecule has 0 radical (unpaired) electrons. The summed E-state index contributed by atoms with van der Waals surface area (Å²) < 4.78 is 96.8. The largest absolute Gasteiger partial charge is 0.416 e. The molecule has 1 unspecified atom stereocenters. The number of hydrogen-bond acceptors (Lipinski definition) is 5. The highest BCUT2D eigenvalue weighted by atomic mass is 35.5. The van der Waals surface area contributed by atoms with Gasteiger partial charge in [-0.1, -0.05) is 23.2 Å². The summed E-state index contributed by atoms with van der Waals surface area (Å²) in [5, 5.41) is 12.4. The molecule has 0 spiro atoms. The second-order valence-electron chi connectivity index (χ2n) is 8.43. The quantitative estimate of drug-likeness (QED) is 0.270. The Hall–Kier alpha value is -2.96. The zero-order valence-electron chi connectivity index (χ0n) is 19.5. The van der Waals surface area contributed by atoms with Crippen molar-refractivity contribution < 1.29 is 30.4 Å². The lowest BCUT2D eigenvalue weighted by atomic mass is 10.1. The molecule has 17 heteroatoms. The number of rotatable bonds is 7. The lowest BCUT2D eigenvalue weighted by Crippen LogP contribution is -2.28. The van der Waals surface area contributed by atoms with Gasteiger partial charge in [0.2, 0.25) is 0 Å². The van der Waals surface area contributed by atoms with Crippen LogP contribution in [0.25, 0.3) is 5.69 Å². The standard InChI is InChI=1S/C20H18Cl2F5N7O2S/c1-32(2)9-29-17-15(18(8-19(18,23)24)37(35,36)30-10-33(3)4)14(7-28)31-34(17)16-12(21)5-11(6-13(16)22)20(25,26)27/h5-6,9-10H,8H2,1-4H3/b29-9+,30-10+. The van der Waals surface area contributed by atoms with Crippen LogP contribution in [0.15, 0.2) is 21.5 Å². The molecule has 2 aromatic rings. The Bertz CT molecular complexity index is 1420. The van der Waals surface area contributed by atoms with E-state index in [1.165, 1.54) is 38.0 Å². The van der Waals surface area contributed by atoms with Crippen LogP contribution in [0.2, 0.25) is 10.0 Å². The van der Waals surface area contributed by atoms with Gasteiger partial charge in [0.1, 0.15) is 18.1 Å². The third kappa shape index (κ3) is 4.97. The normalized spacial score (nSPS) is 19.4. The number of aliphatic imine (C=N–C) groups is 1. The van der Waals surface area contributed by atoms with E-state index >= 15 is 0 Å². The Balaban J connectivity index is 2.44. The second-order valence-corrected chi connectivity index (χ2v) is 11.1. The Morgan fingerprint density at radius 1 is 1.14 bits per heavy atom. The molecule has 1 aliphatic rings. The van der Waals surface area contributed by atoms with Crippen molar-refractivity contribution in [2.24, 2.45) is 9.39 Å². The van der Waals surface area contributed by atoms with Gasteiger partial charge in [-0.05, 0) is 12.1 Å². The highest BCUT2D eigenvalue weighted by Gasteiger charge is 2.82. The molecule has 0 amide bonds. The van der Waals surface area contributed by atoms with Gasteiger partial charge in [-0.2, -0.15) is 27.9 Å². The van der Waals surface area contributed by atoms with Crippen molar-refractivity contribution in [2.75, 3.05) is 28.2 Å². The molecule has 200 valence electrons. The van der Waals surface area contributed by atoms with E-state index in [9.17, 15) is 35.6 Å². The number of nitriles is 1. The summed E-state index contributed by atoms with van der Waals surface area (Å²) in [6.07, 6.45) is -4.17. The molecule has 1 fully saturated rings. The van der Waals surface area contributed by atoms with E-state index in [1.807, 2.05) is 0 Å². The molecule has 1 atom stereocenters. The highest BCUT2D eigenvalue weighted by molar-refractivity contribution is 7.91. The first-order chi connectivity index (χ1) is 16.9. The summed E-state index contributed by atoms with van der Waals surface area (Å²) >= 11 is 12.2. The molecule has 0 N–H and O–H groups in total. The minimum Gasteiger partial charge on any atom is -0.369 e. The first-order valence-electron chi connectivity index (χ1n) is 10.0. The Kier molecular flexibility index (Phi) is 7.28. The van der Waals surface area contributed by atoms with E-state index in [1.54, 1.807) is 6.07 Å². The Labute approximate surface area is 218 Å². The van der Waals surface area contributed by atoms with Crippen LogP contribution in [-0.4, -0.2) is 74.8 Å². The van der Waals surface area contributed by atoms with Gasteiger partial charge >= 0.3 is 6.18 Å². The summed E-state index contributed by atoms with van der Waals surface area (Å²) in [4.78, 5) is 6.60. The predicted octanol–water partition coefficient (Wildman–Crippen LogP) is 4.44. The monoisotopic (exact) mass is 585 g/mol. The summed E-state index contributed by atoms with van der Waals surface area (Å²) in [5.74, 6) is -4.49. The summed E-state index contributed by atoms with van der Waals surface area (Å²) in [7, 11) is 0.798. The van der Waals surface area contributed by atoms with Gasteiger partial charge in [-0.3, -0.25) is 0 Å². The van der Waals surface area contributed by atoms with Crippen molar-refractivity contribution in [3.63, 3.8) is 0 Å². The van der Waals surface area contributed by atoms with Crippen LogP contribution in [0.3, 0.4) is 0 Å². The number of sulfonamides is 1. The lowest BCUT2D eigenvalue weighted by Gasteiger charge is -2.17. The second kappa shape index (κ2) is 9.41. The molecule has 0 saturated heterocycles. The predicted molar refractivity (Wildman–Crippen MR) is 127 cm³/mol. The molecule has 3 rings (SSSR count). The number of hydrogen-bond donors (Lipinski definition) is 0. The van der Waals surface area contributed by atoms with Crippen LogP contribution >= 0.6 is 23.2 Å². The summed E-state index contributed by atoms with van der Waals surface area (Å²) in [6, 6.07) is 2.61.